The highest BCUT2D eigenvalue weighted by atomic mass is 15.2. The minimum atomic E-state index is 1.09. The van der Waals surface area contributed by atoms with Crippen LogP contribution in [0.25, 0.3) is 11.3 Å². The molecule has 0 fully saturated rings. The van der Waals surface area contributed by atoms with Gasteiger partial charge in [-0.25, -0.2) is 0 Å². The van der Waals surface area contributed by atoms with Crippen molar-refractivity contribution < 1.29 is 0 Å². The van der Waals surface area contributed by atoms with Gasteiger partial charge in [0, 0.05) is 18.8 Å². The van der Waals surface area contributed by atoms with Gasteiger partial charge >= 0.3 is 0 Å². The number of benzene rings is 1. The second kappa shape index (κ2) is 3.29. The van der Waals surface area contributed by atoms with Gasteiger partial charge < -0.3 is 0 Å². The third-order valence-electron chi connectivity index (χ3n) is 2.41. The molecule has 0 atom stereocenters. The highest BCUT2D eigenvalue weighted by Crippen LogP contribution is 2.23. The van der Waals surface area contributed by atoms with Gasteiger partial charge in [-0.1, -0.05) is 24.3 Å². The number of rotatable bonds is 1. The van der Waals surface area contributed by atoms with Gasteiger partial charge in [-0.05, 0) is 25.0 Å². The van der Waals surface area contributed by atoms with Gasteiger partial charge in [-0.3, -0.25) is 4.68 Å². The summed E-state index contributed by atoms with van der Waals surface area (Å²) in [4.78, 5) is 0. The zero-order chi connectivity index (χ0) is 10.1. The van der Waals surface area contributed by atoms with E-state index in [1.54, 1.807) is 0 Å². The summed E-state index contributed by atoms with van der Waals surface area (Å²) in [6.07, 6.45) is 2.04. The molecule has 0 saturated heterocycles. The van der Waals surface area contributed by atoms with Gasteiger partial charge in [-0.2, -0.15) is 5.10 Å². The van der Waals surface area contributed by atoms with E-state index in [9.17, 15) is 0 Å². The van der Waals surface area contributed by atoms with Gasteiger partial charge in [0.2, 0.25) is 0 Å². The summed E-state index contributed by atoms with van der Waals surface area (Å²) in [7, 11) is 1.95. The Bertz CT molecular complexity index is 455. The largest absolute Gasteiger partial charge is 0.275 e. The molecule has 0 bridgehead atoms. The van der Waals surface area contributed by atoms with Gasteiger partial charge in [0.25, 0.3) is 0 Å². The van der Waals surface area contributed by atoms with Crippen molar-refractivity contribution in [2.24, 2.45) is 7.05 Å². The monoisotopic (exact) mass is 186 g/mol. The quantitative estimate of drug-likeness (QED) is 0.669. The third kappa shape index (κ3) is 1.43. The molecule has 0 saturated carbocycles. The normalized spacial score (nSPS) is 10.5. The first-order valence-corrected chi connectivity index (χ1v) is 4.75. The van der Waals surface area contributed by atoms with E-state index in [1.165, 1.54) is 16.7 Å². The Hall–Kier alpha value is -1.57. The molecular formula is C12H14N2. The number of hydrogen-bond acceptors (Lipinski definition) is 1. The van der Waals surface area contributed by atoms with Crippen LogP contribution in [-0.4, -0.2) is 9.78 Å². The van der Waals surface area contributed by atoms with Crippen LogP contribution < -0.4 is 0 Å². The molecule has 2 heteroatoms. The number of nitrogens with zero attached hydrogens (tertiary/aromatic N) is 2. The standard InChI is InChI=1S/C12H14N2/c1-9-6-4-5-7-11(9)12-10(2)8-14(3)13-12/h4-8H,1-3H3. The van der Waals surface area contributed by atoms with Crippen LogP contribution in [0.15, 0.2) is 30.5 Å². The lowest BCUT2D eigenvalue weighted by Crippen LogP contribution is -1.89. The van der Waals surface area contributed by atoms with Crippen molar-refractivity contribution in [3.8, 4) is 11.3 Å². The summed E-state index contributed by atoms with van der Waals surface area (Å²) >= 11 is 0. The van der Waals surface area contributed by atoms with Crippen molar-refractivity contribution in [1.82, 2.24) is 9.78 Å². The molecule has 2 nitrogen and oxygen atoms in total. The van der Waals surface area contributed by atoms with E-state index in [0.717, 1.165) is 5.69 Å². The van der Waals surface area contributed by atoms with Crippen molar-refractivity contribution in [3.63, 3.8) is 0 Å². The lowest BCUT2D eigenvalue weighted by molar-refractivity contribution is 0.770. The van der Waals surface area contributed by atoms with Crippen LogP contribution >= 0.6 is 0 Å². The average molecular weight is 186 g/mol. The summed E-state index contributed by atoms with van der Waals surface area (Å²) in [5.41, 5.74) is 4.81. The molecule has 0 N–H and O–H groups in total. The van der Waals surface area contributed by atoms with E-state index >= 15 is 0 Å². The van der Waals surface area contributed by atoms with E-state index in [1.807, 2.05) is 17.9 Å². The summed E-state index contributed by atoms with van der Waals surface area (Å²) in [5, 5.41) is 4.46. The molecule has 0 unspecified atom stereocenters. The number of hydrogen-bond donors (Lipinski definition) is 0. The molecular weight excluding hydrogens is 172 g/mol. The molecule has 2 rings (SSSR count). The molecule has 0 aliphatic carbocycles. The molecule has 1 heterocycles. The Labute approximate surface area is 84.2 Å². The van der Waals surface area contributed by atoms with Crippen molar-refractivity contribution in [2.45, 2.75) is 13.8 Å². The van der Waals surface area contributed by atoms with Crippen molar-refractivity contribution in [2.75, 3.05) is 0 Å². The Morgan fingerprint density at radius 1 is 1.07 bits per heavy atom. The average Bonchev–Trinajstić information content (AvgIpc) is 2.46. The third-order valence-corrected chi connectivity index (χ3v) is 2.41. The lowest BCUT2D eigenvalue weighted by atomic mass is 10.0. The minimum Gasteiger partial charge on any atom is -0.275 e. The van der Waals surface area contributed by atoms with Gasteiger partial charge in [-0.15, -0.1) is 0 Å². The smallest absolute Gasteiger partial charge is 0.0954 e. The number of aromatic nitrogens is 2. The maximum atomic E-state index is 4.46. The van der Waals surface area contributed by atoms with Crippen LogP contribution in [0.4, 0.5) is 0 Å². The van der Waals surface area contributed by atoms with E-state index in [4.69, 9.17) is 0 Å². The topological polar surface area (TPSA) is 17.8 Å². The molecule has 2 aromatic rings. The highest BCUT2D eigenvalue weighted by molar-refractivity contribution is 5.65. The maximum absolute atomic E-state index is 4.46. The first kappa shape index (κ1) is 9.00. The molecule has 0 spiro atoms. The number of aryl methyl sites for hydroxylation is 3. The zero-order valence-corrected chi connectivity index (χ0v) is 8.78. The fourth-order valence-electron chi connectivity index (χ4n) is 1.71. The zero-order valence-electron chi connectivity index (χ0n) is 8.78. The van der Waals surface area contributed by atoms with Crippen molar-refractivity contribution >= 4 is 0 Å². The van der Waals surface area contributed by atoms with Crippen LogP contribution in [0.2, 0.25) is 0 Å². The molecule has 72 valence electrons. The lowest BCUT2D eigenvalue weighted by Gasteiger charge is -2.02. The fraction of sp³-hybridized carbons (Fsp3) is 0.250. The van der Waals surface area contributed by atoms with Crippen LogP contribution in [0, 0.1) is 13.8 Å². The molecule has 0 amide bonds. The fourth-order valence-corrected chi connectivity index (χ4v) is 1.71. The minimum absolute atomic E-state index is 1.09. The second-order valence-corrected chi connectivity index (χ2v) is 3.65. The van der Waals surface area contributed by atoms with Crippen LogP contribution in [0.1, 0.15) is 11.1 Å². The van der Waals surface area contributed by atoms with Gasteiger partial charge in [0.05, 0.1) is 5.69 Å². The van der Waals surface area contributed by atoms with Crippen molar-refractivity contribution in [3.05, 3.63) is 41.6 Å². The predicted molar refractivity (Wildman–Crippen MR) is 58.1 cm³/mol. The SMILES string of the molecule is Cc1ccccc1-c1nn(C)cc1C. The Morgan fingerprint density at radius 2 is 1.79 bits per heavy atom. The first-order chi connectivity index (χ1) is 6.68. The second-order valence-electron chi connectivity index (χ2n) is 3.65. The maximum Gasteiger partial charge on any atom is 0.0954 e. The summed E-state index contributed by atoms with van der Waals surface area (Å²) in [6.45, 7) is 4.21. The Balaban J connectivity index is 2.60. The Morgan fingerprint density at radius 3 is 2.36 bits per heavy atom. The van der Waals surface area contributed by atoms with E-state index < -0.39 is 0 Å². The van der Waals surface area contributed by atoms with E-state index in [-0.39, 0.29) is 0 Å². The van der Waals surface area contributed by atoms with Crippen LogP contribution in [0.5, 0.6) is 0 Å². The molecule has 14 heavy (non-hydrogen) atoms. The predicted octanol–water partition coefficient (Wildman–Crippen LogP) is 2.70. The van der Waals surface area contributed by atoms with Crippen molar-refractivity contribution in [1.29, 1.82) is 0 Å². The molecule has 1 aromatic heterocycles. The van der Waals surface area contributed by atoms with E-state index in [2.05, 4.69) is 43.2 Å². The molecule has 0 aliphatic heterocycles. The first-order valence-electron chi connectivity index (χ1n) is 4.75. The molecule has 0 aliphatic rings. The Kier molecular flexibility index (Phi) is 2.12. The van der Waals surface area contributed by atoms with Gasteiger partial charge in [0.1, 0.15) is 0 Å². The van der Waals surface area contributed by atoms with Gasteiger partial charge in [0.15, 0.2) is 0 Å². The van der Waals surface area contributed by atoms with Crippen LogP contribution in [-0.2, 0) is 7.05 Å². The molecule has 1 aromatic carbocycles. The highest BCUT2D eigenvalue weighted by Gasteiger charge is 2.07. The summed E-state index contributed by atoms with van der Waals surface area (Å²) in [5.74, 6) is 0. The summed E-state index contributed by atoms with van der Waals surface area (Å²) < 4.78 is 1.86. The van der Waals surface area contributed by atoms with E-state index in [0.29, 0.717) is 0 Å². The van der Waals surface area contributed by atoms with Crippen LogP contribution in [0.3, 0.4) is 0 Å². The molecule has 0 radical (unpaired) electrons. The summed E-state index contributed by atoms with van der Waals surface area (Å²) in [6, 6.07) is 8.33.